The van der Waals surface area contributed by atoms with E-state index >= 15 is 0 Å². The van der Waals surface area contributed by atoms with Gasteiger partial charge in [0.1, 0.15) is 0 Å². The number of aryl methyl sites for hydroxylation is 1. The second kappa shape index (κ2) is 13.0. The molecule has 1 unspecified atom stereocenters. The van der Waals surface area contributed by atoms with Gasteiger partial charge in [0.25, 0.3) is 0 Å². The number of nitrogens with one attached hydrogen (secondary N) is 1. The van der Waals surface area contributed by atoms with Crippen molar-refractivity contribution in [2.75, 3.05) is 7.05 Å². The van der Waals surface area contributed by atoms with E-state index in [0.717, 1.165) is 45.7 Å². The molecule has 1 aliphatic heterocycles. The van der Waals surface area contributed by atoms with E-state index in [1.807, 2.05) is 32.3 Å². The van der Waals surface area contributed by atoms with Crippen molar-refractivity contribution in [2.45, 2.75) is 33.2 Å². The lowest BCUT2D eigenvalue weighted by atomic mass is 9.96. The maximum atomic E-state index is 5.32. The Morgan fingerprint density at radius 2 is 1.63 bits per heavy atom. The number of amidine groups is 1. The van der Waals surface area contributed by atoms with E-state index in [1.165, 1.54) is 16.7 Å². The van der Waals surface area contributed by atoms with E-state index in [9.17, 15) is 0 Å². The third-order valence-electron chi connectivity index (χ3n) is 7.30. The van der Waals surface area contributed by atoms with Crippen LogP contribution in [0.25, 0.3) is 22.8 Å². The van der Waals surface area contributed by atoms with Gasteiger partial charge in [0.05, 0.1) is 11.8 Å². The molecule has 41 heavy (non-hydrogen) atoms. The molecule has 1 N–H and O–H groups in total. The summed E-state index contributed by atoms with van der Waals surface area (Å²) in [6, 6.07) is 29.5. The van der Waals surface area contributed by atoms with Gasteiger partial charge in [0.15, 0.2) is 5.84 Å². The molecule has 4 nitrogen and oxygen atoms in total. The Balaban J connectivity index is 1.61. The van der Waals surface area contributed by atoms with Gasteiger partial charge in [0.2, 0.25) is 0 Å². The van der Waals surface area contributed by atoms with Crippen LogP contribution in [0.3, 0.4) is 0 Å². The van der Waals surface area contributed by atoms with Crippen LogP contribution in [0.2, 0.25) is 0 Å². The van der Waals surface area contributed by atoms with E-state index in [1.54, 1.807) is 6.20 Å². The quantitative estimate of drug-likeness (QED) is 0.199. The summed E-state index contributed by atoms with van der Waals surface area (Å²) in [6.07, 6.45) is 13.2. The van der Waals surface area contributed by atoms with Gasteiger partial charge in [-0.3, -0.25) is 9.98 Å². The molecule has 2 heterocycles. The first-order valence-corrected chi connectivity index (χ1v) is 14.1. The van der Waals surface area contributed by atoms with Crippen molar-refractivity contribution < 1.29 is 0 Å². The van der Waals surface area contributed by atoms with Gasteiger partial charge in [0, 0.05) is 30.7 Å². The van der Waals surface area contributed by atoms with Crippen molar-refractivity contribution in [1.82, 2.24) is 10.3 Å². The highest BCUT2D eigenvalue weighted by Crippen LogP contribution is 2.25. The Hall–Kier alpha value is -4.83. The fourth-order valence-electron chi connectivity index (χ4n) is 5.24. The van der Waals surface area contributed by atoms with Crippen LogP contribution in [-0.4, -0.2) is 29.6 Å². The molecule has 1 aromatic heterocycles. The highest BCUT2D eigenvalue weighted by molar-refractivity contribution is 6.15. The summed E-state index contributed by atoms with van der Waals surface area (Å²) in [4.78, 5) is 14.4. The van der Waals surface area contributed by atoms with Crippen LogP contribution in [0.5, 0.6) is 0 Å². The third kappa shape index (κ3) is 6.50. The summed E-state index contributed by atoms with van der Waals surface area (Å²) in [7, 11) is 1.82. The normalized spacial score (nSPS) is 16.1. The average Bonchev–Trinajstić information content (AvgIpc) is 3.21. The molecule has 0 bridgehead atoms. The number of benzene rings is 3. The lowest BCUT2D eigenvalue weighted by Crippen LogP contribution is -2.36. The van der Waals surface area contributed by atoms with Crippen LogP contribution >= 0.6 is 0 Å². The van der Waals surface area contributed by atoms with Crippen molar-refractivity contribution in [3.8, 4) is 11.1 Å². The van der Waals surface area contributed by atoms with E-state index in [2.05, 4.69) is 121 Å². The summed E-state index contributed by atoms with van der Waals surface area (Å²) in [5.74, 6) is 0.716. The van der Waals surface area contributed by atoms with Gasteiger partial charge in [-0.1, -0.05) is 97.1 Å². The number of aliphatic imine (C=N–C) groups is 2. The van der Waals surface area contributed by atoms with Gasteiger partial charge in [-0.15, -0.1) is 0 Å². The van der Waals surface area contributed by atoms with Gasteiger partial charge < -0.3 is 5.32 Å². The summed E-state index contributed by atoms with van der Waals surface area (Å²) >= 11 is 0. The van der Waals surface area contributed by atoms with Gasteiger partial charge in [-0.05, 0) is 78.3 Å². The Morgan fingerprint density at radius 1 is 0.878 bits per heavy atom. The first-order chi connectivity index (χ1) is 20.1. The second-order valence-electron chi connectivity index (χ2n) is 10.2. The monoisotopic (exact) mass is 536 g/mol. The van der Waals surface area contributed by atoms with Gasteiger partial charge in [-0.25, -0.2) is 4.99 Å². The molecule has 0 spiro atoms. The molecule has 1 atom stereocenters. The predicted molar refractivity (Wildman–Crippen MR) is 174 cm³/mol. The molecule has 0 saturated heterocycles. The summed E-state index contributed by atoms with van der Waals surface area (Å²) < 4.78 is 0. The molecule has 0 radical (unpaired) electrons. The Morgan fingerprint density at radius 3 is 2.34 bits per heavy atom. The standard InChI is InChI=1S/C37H36N4/c1-5-11-33-26(2)12-9-16-34(33)37(38-4)41-36(30-19-17-29(18-20-30)28-13-7-6-8-14-28)35-22-21-31(24-27(3)40-35)32-15-10-23-39-25-32/h5-21,23-25,35,40H,22H2,1-4H3/b11-5-,38-37-,41-36-. The molecule has 1 aliphatic rings. The van der Waals surface area contributed by atoms with Crippen LogP contribution in [-0.2, 0) is 0 Å². The molecule has 4 aromatic rings. The summed E-state index contributed by atoms with van der Waals surface area (Å²) in [6.45, 7) is 6.28. The minimum atomic E-state index is -0.0466. The molecular weight excluding hydrogens is 500 g/mol. The number of nitrogens with zero attached hydrogens (tertiary/aromatic N) is 3. The van der Waals surface area contributed by atoms with Gasteiger partial charge in [-0.2, -0.15) is 0 Å². The van der Waals surface area contributed by atoms with E-state index in [0.29, 0.717) is 5.84 Å². The highest BCUT2D eigenvalue weighted by Gasteiger charge is 2.22. The summed E-state index contributed by atoms with van der Waals surface area (Å²) in [5.41, 5.74) is 11.1. The first kappa shape index (κ1) is 27.7. The first-order valence-electron chi connectivity index (χ1n) is 14.1. The smallest absolute Gasteiger partial charge is 0.155 e. The number of rotatable bonds is 6. The van der Waals surface area contributed by atoms with Crippen molar-refractivity contribution in [3.63, 3.8) is 0 Å². The molecule has 0 aliphatic carbocycles. The van der Waals surface area contributed by atoms with Crippen LogP contribution in [0.15, 0.2) is 131 Å². The minimum Gasteiger partial charge on any atom is -0.380 e. The number of aromatic nitrogens is 1. The number of hydrogen-bond donors (Lipinski definition) is 1. The Kier molecular flexibility index (Phi) is 8.80. The Labute approximate surface area is 243 Å². The fourth-order valence-corrected chi connectivity index (χ4v) is 5.24. The minimum absolute atomic E-state index is 0.0466. The molecular formula is C37H36N4. The average molecular weight is 537 g/mol. The van der Waals surface area contributed by atoms with Crippen LogP contribution in [0.4, 0.5) is 0 Å². The van der Waals surface area contributed by atoms with E-state index < -0.39 is 0 Å². The Bertz CT molecular complexity index is 1640. The molecule has 5 rings (SSSR count). The molecule has 0 fully saturated rings. The molecule has 0 amide bonds. The van der Waals surface area contributed by atoms with Crippen molar-refractivity contribution in [3.05, 3.63) is 149 Å². The SMILES string of the molecule is C/C=C\c1c(C)cccc1C(=N/C)/N=C(/c1ccc(-c2ccccc2)cc1)C1CC=C(c2cccnc2)C=C(C)N1. The predicted octanol–water partition coefficient (Wildman–Crippen LogP) is 8.31. The lowest BCUT2D eigenvalue weighted by Gasteiger charge is -2.21. The zero-order chi connectivity index (χ0) is 28.6. The van der Waals surface area contributed by atoms with Crippen molar-refractivity contribution >= 4 is 23.2 Å². The number of allylic oxidation sites excluding steroid dienone is 4. The zero-order valence-electron chi connectivity index (χ0n) is 24.2. The zero-order valence-corrected chi connectivity index (χ0v) is 24.2. The van der Waals surface area contributed by atoms with Gasteiger partial charge >= 0.3 is 0 Å². The number of hydrogen-bond acceptors (Lipinski definition) is 3. The summed E-state index contributed by atoms with van der Waals surface area (Å²) in [5, 5.41) is 3.74. The van der Waals surface area contributed by atoms with Crippen molar-refractivity contribution in [2.24, 2.45) is 9.98 Å². The molecule has 3 aromatic carbocycles. The molecule has 4 heteroatoms. The lowest BCUT2D eigenvalue weighted by molar-refractivity contribution is 0.716. The van der Waals surface area contributed by atoms with E-state index in [-0.39, 0.29) is 6.04 Å². The molecule has 204 valence electrons. The topological polar surface area (TPSA) is 49.6 Å². The maximum Gasteiger partial charge on any atom is 0.155 e. The van der Waals surface area contributed by atoms with Crippen LogP contribution in [0, 0.1) is 6.92 Å². The molecule has 0 saturated carbocycles. The fraction of sp³-hybridized carbons (Fsp3) is 0.162. The third-order valence-corrected chi connectivity index (χ3v) is 7.30. The maximum absolute atomic E-state index is 5.32. The second-order valence-corrected chi connectivity index (χ2v) is 10.2. The van der Waals surface area contributed by atoms with Crippen LogP contribution < -0.4 is 5.32 Å². The van der Waals surface area contributed by atoms with Crippen LogP contribution in [0.1, 0.15) is 48.1 Å². The number of pyridine rings is 1. The van der Waals surface area contributed by atoms with Crippen molar-refractivity contribution in [1.29, 1.82) is 0 Å². The largest absolute Gasteiger partial charge is 0.380 e. The highest BCUT2D eigenvalue weighted by atomic mass is 15.0. The van der Waals surface area contributed by atoms with E-state index in [4.69, 9.17) is 9.98 Å².